The molecule has 2 rings (SSSR count). The molecule has 19 heavy (non-hydrogen) atoms. The first-order chi connectivity index (χ1) is 9.01. The first-order valence-corrected chi connectivity index (χ1v) is 5.98. The van der Waals surface area contributed by atoms with Crippen molar-refractivity contribution in [3.8, 4) is 5.75 Å². The lowest BCUT2D eigenvalue weighted by Gasteiger charge is -2.10. The number of carbonyl (C=O) groups is 1. The minimum atomic E-state index is -1.36. The van der Waals surface area contributed by atoms with Gasteiger partial charge in [0.25, 0.3) is 0 Å². The van der Waals surface area contributed by atoms with Gasteiger partial charge in [0.05, 0.1) is 11.0 Å². The number of aliphatic carboxylic acids is 1. The van der Waals surface area contributed by atoms with Crippen molar-refractivity contribution >= 4 is 28.5 Å². The van der Waals surface area contributed by atoms with E-state index in [1.54, 1.807) is 6.07 Å². The topological polar surface area (TPSA) is 79.6 Å². The van der Waals surface area contributed by atoms with E-state index < -0.39 is 18.2 Å². The second-order valence-corrected chi connectivity index (χ2v) is 4.29. The quantitative estimate of drug-likeness (QED) is 0.785. The van der Waals surface area contributed by atoms with Crippen LogP contribution in [0.25, 0.3) is 11.0 Å². The maximum atomic E-state index is 11.4. The van der Waals surface area contributed by atoms with E-state index in [-0.39, 0.29) is 10.8 Å². The van der Waals surface area contributed by atoms with Gasteiger partial charge in [-0.05, 0) is 18.1 Å². The van der Waals surface area contributed by atoms with Gasteiger partial charge in [0, 0.05) is 17.5 Å². The van der Waals surface area contributed by atoms with Crippen molar-refractivity contribution in [3.63, 3.8) is 0 Å². The number of carboxylic acid groups (broad SMARTS) is 1. The number of carboxylic acids is 1. The zero-order valence-electron chi connectivity index (χ0n) is 10.1. The fourth-order valence-electron chi connectivity index (χ4n) is 1.77. The summed E-state index contributed by atoms with van der Waals surface area (Å²) in [6, 6.07) is 4.39. The number of aryl methyl sites for hydroxylation is 1. The molecule has 5 nitrogen and oxygen atoms in total. The predicted molar refractivity (Wildman–Crippen MR) is 67.4 cm³/mol. The number of ether oxygens (including phenoxy) is 1. The fraction of sp³-hybridized carbons (Fsp3) is 0.231. The molecule has 0 saturated carbocycles. The van der Waals surface area contributed by atoms with E-state index in [1.807, 2.05) is 6.92 Å². The molecule has 0 N–H and O–H groups in total. The van der Waals surface area contributed by atoms with Gasteiger partial charge in [-0.1, -0.05) is 18.5 Å². The molecule has 0 fully saturated rings. The van der Waals surface area contributed by atoms with Gasteiger partial charge in [-0.2, -0.15) is 0 Å². The Morgan fingerprint density at radius 2 is 2.16 bits per heavy atom. The molecule has 0 aliphatic heterocycles. The molecule has 100 valence electrons. The minimum absolute atomic E-state index is 0.134. The molecule has 1 aromatic carbocycles. The van der Waals surface area contributed by atoms with Crippen LogP contribution >= 0.6 is 11.6 Å². The summed E-state index contributed by atoms with van der Waals surface area (Å²) < 4.78 is 10.0. The SMILES string of the molecule is CCc1cc(=O)oc2cc(OCC(=O)[O-])c(Cl)cc12. The zero-order valence-corrected chi connectivity index (χ0v) is 10.8. The van der Waals surface area contributed by atoms with Crippen LogP contribution in [0.2, 0.25) is 5.02 Å². The molecule has 0 unspecified atom stereocenters. The average Bonchev–Trinajstić information content (AvgIpc) is 2.35. The summed E-state index contributed by atoms with van der Waals surface area (Å²) in [4.78, 5) is 21.7. The van der Waals surface area contributed by atoms with Crippen molar-refractivity contribution in [1.82, 2.24) is 0 Å². The van der Waals surface area contributed by atoms with E-state index in [2.05, 4.69) is 0 Å². The molecule has 1 aromatic heterocycles. The molecule has 0 saturated heterocycles. The van der Waals surface area contributed by atoms with Crippen molar-refractivity contribution in [2.75, 3.05) is 6.61 Å². The van der Waals surface area contributed by atoms with Crippen LogP contribution in [0.3, 0.4) is 0 Å². The lowest BCUT2D eigenvalue weighted by molar-refractivity contribution is -0.307. The fourth-order valence-corrected chi connectivity index (χ4v) is 1.99. The molecule has 0 aliphatic rings. The zero-order chi connectivity index (χ0) is 14.0. The number of hydrogen-bond donors (Lipinski definition) is 0. The van der Waals surface area contributed by atoms with Crippen molar-refractivity contribution < 1.29 is 19.1 Å². The molecule has 0 amide bonds. The Bertz CT molecular complexity index is 689. The Labute approximate surface area is 113 Å². The number of carbonyl (C=O) groups excluding carboxylic acids is 1. The second kappa shape index (κ2) is 5.32. The van der Waals surface area contributed by atoms with Crippen LogP contribution in [0, 0.1) is 0 Å². The lowest BCUT2D eigenvalue weighted by Crippen LogP contribution is -2.29. The Balaban J connectivity index is 2.55. The Kier molecular flexibility index (Phi) is 3.76. The Morgan fingerprint density at radius 3 is 2.79 bits per heavy atom. The van der Waals surface area contributed by atoms with Crippen LogP contribution in [0.1, 0.15) is 12.5 Å². The third-order valence-electron chi connectivity index (χ3n) is 2.61. The standard InChI is InChI=1S/C13H11ClO5/c1-2-7-3-13(17)19-10-5-11(18-6-12(15)16)9(14)4-8(7)10/h3-5H,2,6H2,1H3,(H,15,16)/p-1. The maximum Gasteiger partial charge on any atom is 0.336 e. The lowest BCUT2D eigenvalue weighted by atomic mass is 10.1. The van der Waals surface area contributed by atoms with E-state index in [0.29, 0.717) is 17.4 Å². The highest BCUT2D eigenvalue weighted by atomic mass is 35.5. The van der Waals surface area contributed by atoms with E-state index >= 15 is 0 Å². The van der Waals surface area contributed by atoms with Crippen LogP contribution < -0.4 is 15.5 Å². The molecule has 0 bridgehead atoms. The smallest absolute Gasteiger partial charge is 0.336 e. The van der Waals surface area contributed by atoms with Crippen LogP contribution in [0.5, 0.6) is 5.75 Å². The monoisotopic (exact) mass is 281 g/mol. The highest BCUT2D eigenvalue weighted by Crippen LogP contribution is 2.31. The molecule has 1 heterocycles. The van der Waals surface area contributed by atoms with Crippen molar-refractivity contribution in [2.45, 2.75) is 13.3 Å². The van der Waals surface area contributed by atoms with Gasteiger partial charge in [-0.15, -0.1) is 0 Å². The third-order valence-corrected chi connectivity index (χ3v) is 2.90. The largest absolute Gasteiger partial charge is 0.546 e. The summed E-state index contributed by atoms with van der Waals surface area (Å²) in [5.74, 6) is -1.23. The van der Waals surface area contributed by atoms with Crippen LogP contribution in [-0.4, -0.2) is 12.6 Å². The summed E-state index contributed by atoms with van der Waals surface area (Å²) in [5.41, 5.74) is 0.638. The van der Waals surface area contributed by atoms with Crippen LogP contribution in [0.15, 0.2) is 27.4 Å². The van der Waals surface area contributed by atoms with Gasteiger partial charge in [0.15, 0.2) is 0 Å². The summed E-state index contributed by atoms with van der Waals surface area (Å²) in [7, 11) is 0. The highest BCUT2D eigenvalue weighted by molar-refractivity contribution is 6.32. The summed E-state index contributed by atoms with van der Waals surface area (Å²) in [5, 5.41) is 11.3. The van der Waals surface area contributed by atoms with E-state index in [1.165, 1.54) is 12.1 Å². The minimum Gasteiger partial charge on any atom is -0.546 e. The molecule has 6 heteroatoms. The van der Waals surface area contributed by atoms with Crippen LogP contribution in [-0.2, 0) is 11.2 Å². The van der Waals surface area contributed by atoms with E-state index in [9.17, 15) is 14.7 Å². The number of hydrogen-bond acceptors (Lipinski definition) is 5. The summed E-state index contributed by atoms with van der Waals surface area (Å²) in [6.45, 7) is 1.28. The molecule has 0 radical (unpaired) electrons. The number of benzene rings is 1. The first kappa shape index (κ1) is 13.4. The van der Waals surface area contributed by atoms with E-state index in [0.717, 1.165) is 5.56 Å². The van der Waals surface area contributed by atoms with Gasteiger partial charge in [0.1, 0.15) is 17.9 Å². The summed E-state index contributed by atoms with van der Waals surface area (Å²) >= 11 is 6.00. The molecular formula is C13H10ClO5-. The van der Waals surface area contributed by atoms with Gasteiger partial charge in [-0.3, -0.25) is 0 Å². The highest BCUT2D eigenvalue weighted by Gasteiger charge is 2.10. The Hall–Kier alpha value is -2.01. The van der Waals surface area contributed by atoms with Crippen molar-refractivity contribution in [2.24, 2.45) is 0 Å². The first-order valence-electron chi connectivity index (χ1n) is 5.60. The normalized spacial score (nSPS) is 10.6. The molecule has 0 aliphatic carbocycles. The van der Waals surface area contributed by atoms with E-state index in [4.69, 9.17) is 20.8 Å². The molecule has 0 spiro atoms. The second-order valence-electron chi connectivity index (χ2n) is 3.88. The van der Waals surface area contributed by atoms with Crippen molar-refractivity contribution in [3.05, 3.63) is 39.2 Å². The van der Waals surface area contributed by atoms with Gasteiger partial charge in [-0.25, -0.2) is 4.79 Å². The molecular weight excluding hydrogens is 272 g/mol. The van der Waals surface area contributed by atoms with Gasteiger partial charge in [0.2, 0.25) is 0 Å². The number of fused-ring (bicyclic) bond motifs is 1. The number of halogens is 1. The van der Waals surface area contributed by atoms with Crippen molar-refractivity contribution in [1.29, 1.82) is 0 Å². The van der Waals surface area contributed by atoms with Gasteiger partial charge >= 0.3 is 5.63 Å². The Morgan fingerprint density at radius 1 is 1.42 bits per heavy atom. The average molecular weight is 282 g/mol. The van der Waals surface area contributed by atoms with Gasteiger partial charge < -0.3 is 19.1 Å². The molecule has 0 atom stereocenters. The summed E-state index contributed by atoms with van der Waals surface area (Å²) in [6.07, 6.45) is 0.650. The number of rotatable bonds is 4. The molecule has 2 aromatic rings. The predicted octanol–water partition coefficient (Wildman–Crippen LogP) is 1.14. The third kappa shape index (κ3) is 2.88. The maximum absolute atomic E-state index is 11.4. The van der Waals surface area contributed by atoms with Crippen LogP contribution in [0.4, 0.5) is 0 Å².